The summed E-state index contributed by atoms with van der Waals surface area (Å²) in [6, 6.07) is 5.43. The van der Waals surface area contributed by atoms with Crippen molar-refractivity contribution in [2.45, 2.75) is 39.3 Å². The van der Waals surface area contributed by atoms with Crippen LogP contribution in [0.5, 0.6) is 0 Å². The zero-order valence-corrected chi connectivity index (χ0v) is 11.1. The molecule has 0 aliphatic rings. The monoisotopic (exact) mass is 252 g/mol. The molecule has 1 aromatic rings. The van der Waals surface area contributed by atoms with Gasteiger partial charge in [0, 0.05) is 0 Å². The zero-order chi connectivity index (χ0) is 13.7. The van der Waals surface area contributed by atoms with E-state index < -0.39 is 6.04 Å². The van der Waals surface area contributed by atoms with E-state index >= 15 is 0 Å². The van der Waals surface area contributed by atoms with Crippen LogP contribution in [0, 0.1) is 11.7 Å². The van der Waals surface area contributed by atoms with Crippen LogP contribution in [0.4, 0.5) is 4.39 Å². The van der Waals surface area contributed by atoms with Gasteiger partial charge < -0.3 is 11.1 Å². The number of carbonyl (C=O) groups is 1. The summed E-state index contributed by atoms with van der Waals surface area (Å²) in [5.41, 5.74) is 6.58. The van der Waals surface area contributed by atoms with Gasteiger partial charge >= 0.3 is 0 Å². The van der Waals surface area contributed by atoms with Crippen molar-refractivity contribution in [3.63, 3.8) is 0 Å². The maximum Gasteiger partial charge on any atom is 0.237 e. The molecule has 0 spiro atoms. The average Bonchev–Trinajstić information content (AvgIpc) is 2.36. The van der Waals surface area contributed by atoms with Gasteiger partial charge in [-0.05, 0) is 30.5 Å². The molecule has 1 unspecified atom stereocenters. The van der Waals surface area contributed by atoms with E-state index in [2.05, 4.69) is 5.32 Å². The second kappa shape index (κ2) is 6.50. The Kier molecular flexibility index (Phi) is 5.28. The minimum absolute atomic E-state index is 0.129. The lowest BCUT2D eigenvalue weighted by atomic mass is 9.98. The molecule has 3 N–H and O–H groups in total. The second-order valence-corrected chi connectivity index (χ2v) is 4.70. The predicted octanol–water partition coefficient (Wildman–Crippen LogP) is 2.38. The molecule has 0 bridgehead atoms. The van der Waals surface area contributed by atoms with Crippen molar-refractivity contribution in [3.8, 4) is 0 Å². The molecule has 0 saturated heterocycles. The van der Waals surface area contributed by atoms with Crippen molar-refractivity contribution in [1.29, 1.82) is 0 Å². The summed E-state index contributed by atoms with van der Waals surface area (Å²) in [6.07, 6.45) is 0.850. The first-order chi connectivity index (χ1) is 8.45. The Balaban J connectivity index is 2.65. The third-order valence-electron chi connectivity index (χ3n) is 3.27. The van der Waals surface area contributed by atoms with E-state index in [1.807, 2.05) is 20.8 Å². The maximum absolute atomic E-state index is 13.1. The Morgan fingerprint density at radius 2 is 2.11 bits per heavy atom. The van der Waals surface area contributed by atoms with Crippen LogP contribution in [-0.4, -0.2) is 11.9 Å². The summed E-state index contributed by atoms with van der Waals surface area (Å²) in [7, 11) is 0. The predicted molar refractivity (Wildman–Crippen MR) is 70.4 cm³/mol. The average molecular weight is 252 g/mol. The number of nitrogens with two attached hydrogens (primary N) is 1. The molecule has 4 heteroatoms. The van der Waals surface area contributed by atoms with Gasteiger partial charge in [-0.1, -0.05) is 32.4 Å². The number of hydrogen-bond acceptors (Lipinski definition) is 2. The molecule has 0 saturated carbocycles. The van der Waals surface area contributed by atoms with Gasteiger partial charge in [-0.15, -0.1) is 0 Å². The van der Waals surface area contributed by atoms with E-state index in [1.54, 1.807) is 12.1 Å². The molecule has 0 radical (unpaired) electrons. The van der Waals surface area contributed by atoms with Crippen molar-refractivity contribution in [2.75, 3.05) is 0 Å². The fourth-order valence-corrected chi connectivity index (χ4v) is 1.68. The van der Waals surface area contributed by atoms with Gasteiger partial charge in [-0.25, -0.2) is 4.39 Å². The Bertz CT molecular complexity index is 409. The Labute approximate surface area is 108 Å². The quantitative estimate of drug-likeness (QED) is 0.845. The lowest BCUT2D eigenvalue weighted by molar-refractivity contribution is -0.124. The fraction of sp³-hybridized carbons (Fsp3) is 0.500. The molecular formula is C14H21FN2O. The minimum atomic E-state index is -0.522. The normalized spacial score (nSPS) is 15.8. The Morgan fingerprint density at radius 3 is 2.67 bits per heavy atom. The summed E-state index contributed by atoms with van der Waals surface area (Å²) < 4.78 is 13.1. The number of rotatable bonds is 5. The highest BCUT2D eigenvalue weighted by Crippen LogP contribution is 2.14. The third kappa shape index (κ3) is 3.81. The second-order valence-electron chi connectivity index (χ2n) is 4.70. The minimum Gasteiger partial charge on any atom is -0.348 e. The van der Waals surface area contributed by atoms with E-state index in [4.69, 9.17) is 5.73 Å². The SMILES string of the molecule is CCC(C)[C@H](N)C(=O)N[C@H](C)c1cccc(F)c1. The van der Waals surface area contributed by atoms with Crippen molar-refractivity contribution in [2.24, 2.45) is 11.7 Å². The van der Waals surface area contributed by atoms with Gasteiger partial charge in [0.1, 0.15) is 5.82 Å². The summed E-state index contributed by atoms with van der Waals surface area (Å²) in [5.74, 6) is -0.370. The molecule has 0 aliphatic heterocycles. The lowest BCUT2D eigenvalue weighted by Crippen LogP contribution is -2.45. The van der Waals surface area contributed by atoms with Crippen LogP contribution >= 0.6 is 0 Å². The topological polar surface area (TPSA) is 55.1 Å². The largest absolute Gasteiger partial charge is 0.348 e. The lowest BCUT2D eigenvalue weighted by Gasteiger charge is -2.21. The van der Waals surface area contributed by atoms with Gasteiger partial charge in [-0.2, -0.15) is 0 Å². The molecule has 1 aromatic carbocycles. The van der Waals surface area contributed by atoms with E-state index in [9.17, 15) is 9.18 Å². The molecule has 3 atom stereocenters. The Hall–Kier alpha value is -1.42. The van der Waals surface area contributed by atoms with Gasteiger partial charge in [0.15, 0.2) is 0 Å². The highest BCUT2D eigenvalue weighted by Gasteiger charge is 2.21. The van der Waals surface area contributed by atoms with Crippen molar-refractivity contribution in [1.82, 2.24) is 5.32 Å². The van der Waals surface area contributed by atoms with Crippen LogP contribution < -0.4 is 11.1 Å². The van der Waals surface area contributed by atoms with E-state index in [-0.39, 0.29) is 23.7 Å². The molecule has 3 nitrogen and oxygen atoms in total. The van der Waals surface area contributed by atoms with Crippen LogP contribution in [0.15, 0.2) is 24.3 Å². The molecule has 1 rings (SSSR count). The molecule has 100 valence electrons. The first-order valence-corrected chi connectivity index (χ1v) is 6.27. The fourth-order valence-electron chi connectivity index (χ4n) is 1.68. The van der Waals surface area contributed by atoms with Crippen LogP contribution in [0.2, 0.25) is 0 Å². The number of benzene rings is 1. The van der Waals surface area contributed by atoms with Crippen molar-refractivity contribution >= 4 is 5.91 Å². The van der Waals surface area contributed by atoms with Crippen LogP contribution in [-0.2, 0) is 4.79 Å². The number of halogens is 1. The highest BCUT2D eigenvalue weighted by molar-refractivity contribution is 5.82. The van der Waals surface area contributed by atoms with Gasteiger partial charge in [0.05, 0.1) is 12.1 Å². The summed E-state index contributed by atoms with van der Waals surface area (Å²) in [4.78, 5) is 11.9. The van der Waals surface area contributed by atoms with E-state index in [0.717, 1.165) is 12.0 Å². The number of amides is 1. The first-order valence-electron chi connectivity index (χ1n) is 6.27. The van der Waals surface area contributed by atoms with Crippen LogP contribution in [0.3, 0.4) is 0 Å². The van der Waals surface area contributed by atoms with E-state index in [1.165, 1.54) is 12.1 Å². The molecule has 1 amide bonds. The number of nitrogens with one attached hydrogen (secondary N) is 1. The molecule has 0 aliphatic carbocycles. The summed E-state index contributed by atoms with van der Waals surface area (Å²) >= 11 is 0. The smallest absolute Gasteiger partial charge is 0.237 e. The molecular weight excluding hydrogens is 231 g/mol. The van der Waals surface area contributed by atoms with Gasteiger partial charge in [0.25, 0.3) is 0 Å². The number of hydrogen-bond donors (Lipinski definition) is 2. The standard InChI is InChI=1S/C14H21FN2O/c1-4-9(2)13(16)14(18)17-10(3)11-6-5-7-12(15)8-11/h5-10,13H,4,16H2,1-3H3,(H,17,18)/t9?,10-,13+/m1/s1. The molecule has 0 heterocycles. The van der Waals surface area contributed by atoms with E-state index in [0.29, 0.717) is 0 Å². The van der Waals surface area contributed by atoms with Crippen molar-refractivity contribution < 1.29 is 9.18 Å². The maximum atomic E-state index is 13.1. The Morgan fingerprint density at radius 1 is 1.44 bits per heavy atom. The van der Waals surface area contributed by atoms with Crippen LogP contribution in [0.25, 0.3) is 0 Å². The third-order valence-corrected chi connectivity index (χ3v) is 3.27. The molecule has 0 fully saturated rings. The zero-order valence-electron chi connectivity index (χ0n) is 11.1. The van der Waals surface area contributed by atoms with Crippen LogP contribution in [0.1, 0.15) is 38.8 Å². The molecule has 0 aromatic heterocycles. The highest BCUT2D eigenvalue weighted by atomic mass is 19.1. The van der Waals surface area contributed by atoms with Gasteiger partial charge in [-0.3, -0.25) is 4.79 Å². The number of carbonyl (C=O) groups excluding carboxylic acids is 1. The molecule has 18 heavy (non-hydrogen) atoms. The van der Waals surface area contributed by atoms with Crippen molar-refractivity contribution in [3.05, 3.63) is 35.6 Å². The summed E-state index contributed by atoms with van der Waals surface area (Å²) in [6.45, 7) is 5.75. The first kappa shape index (κ1) is 14.6. The summed E-state index contributed by atoms with van der Waals surface area (Å²) in [5, 5.41) is 2.81. The van der Waals surface area contributed by atoms with Gasteiger partial charge in [0.2, 0.25) is 5.91 Å².